The Morgan fingerprint density at radius 3 is 2.71 bits per heavy atom. The Kier molecular flexibility index (Phi) is 3.05. The van der Waals surface area contributed by atoms with Gasteiger partial charge >= 0.3 is 0 Å². The van der Waals surface area contributed by atoms with Gasteiger partial charge in [0.2, 0.25) is 5.78 Å². The Labute approximate surface area is 99.1 Å². The normalized spacial score (nSPS) is 9.94. The van der Waals surface area contributed by atoms with Crippen LogP contribution in [0.15, 0.2) is 42.6 Å². The van der Waals surface area contributed by atoms with E-state index in [1.807, 2.05) is 0 Å². The number of aromatic nitrogens is 1. The predicted molar refractivity (Wildman–Crippen MR) is 65.1 cm³/mol. The van der Waals surface area contributed by atoms with Gasteiger partial charge in [-0.25, -0.2) is 0 Å². The topological polar surface area (TPSA) is 65.2 Å². The predicted octanol–water partition coefficient (Wildman–Crippen LogP) is 1.90. The van der Waals surface area contributed by atoms with Gasteiger partial charge in [-0.05, 0) is 24.3 Å². The van der Waals surface area contributed by atoms with Gasteiger partial charge < -0.3 is 10.5 Å². The number of hydrogen-bond donors (Lipinski definition) is 1. The lowest BCUT2D eigenvalue weighted by atomic mass is 10.0. The molecule has 4 nitrogen and oxygen atoms in total. The number of pyridine rings is 1. The lowest BCUT2D eigenvalue weighted by Crippen LogP contribution is -2.09. The van der Waals surface area contributed by atoms with Crippen molar-refractivity contribution in [2.24, 2.45) is 0 Å². The first-order valence-corrected chi connectivity index (χ1v) is 5.12. The minimum atomic E-state index is -0.236. The van der Waals surface area contributed by atoms with E-state index in [-0.39, 0.29) is 5.78 Å². The minimum Gasteiger partial charge on any atom is -0.496 e. The summed E-state index contributed by atoms with van der Waals surface area (Å²) in [7, 11) is 1.50. The number of ether oxygens (including phenoxy) is 1. The van der Waals surface area contributed by atoms with Gasteiger partial charge in [0.1, 0.15) is 11.4 Å². The molecule has 0 aliphatic carbocycles. The van der Waals surface area contributed by atoms with Crippen molar-refractivity contribution in [1.29, 1.82) is 0 Å². The first-order valence-electron chi connectivity index (χ1n) is 5.12. The van der Waals surface area contributed by atoms with Crippen LogP contribution in [0, 0.1) is 0 Å². The Morgan fingerprint density at radius 2 is 2.06 bits per heavy atom. The van der Waals surface area contributed by atoms with Crippen LogP contribution < -0.4 is 10.5 Å². The summed E-state index contributed by atoms with van der Waals surface area (Å²) in [6.45, 7) is 0. The number of nitrogens with zero attached hydrogens (tertiary/aromatic N) is 1. The summed E-state index contributed by atoms with van der Waals surface area (Å²) in [5.41, 5.74) is 6.90. The van der Waals surface area contributed by atoms with E-state index < -0.39 is 0 Å². The summed E-state index contributed by atoms with van der Waals surface area (Å²) in [5, 5.41) is 0. The van der Waals surface area contributed by atoms with Crippen molar-refractivity contribution in [1.82, 2.24) is 4.98 Å². The molecule has 1 aromatic heterocycles. The van der Waals surface area contributed by atoms with E-state index in [1.165, 1.54) is 7.11 Å². The summed E-state index contributed by atoms with van der Waals surface area (Å²) < 4.78 is 5.14. The van der Waals surface area contributed by atoms with E-state index in [2.05, 4.69) is 4.98 Å². The Morgan fingerprint density at radius 1 is 1.24 bits per heavy atom. The second kappa shape index (κ2) is 4.65. The van der Waals surface area contributed by atoms with Gasteiger partial charge in [-0.2, -0.15) is 0 Å². The average Bonchev–Trinajstić information content (AvgIpc) is 2.38. The number of carbonyl (C=O) groups is 1. The van der Waals surface area contributed by atoms with Crippen molar-refractivity contribution in [2.75, 3.05) is 12.8 Å². The SMILES string of the molecule is COc1cccc(N)c1C(=O)c1ccccn1. The second-order valence-corrected chi connectivity index (χ2v) is 3.47. The number of nitrogen functional groups attached to an aromatic ring is 1. The van der Waals surface area contributed by atoms with E-state index in [4.69, 9.17) is 10.5 Å². The fraction of sp³-hybridized carbons (Fsp3) is 0.0769. The summed E-state index contributed by atoms with van der Waals surface area (Å²) in [6, 6.07) is 10.3. The maximum absolute atomic E-state index is 12.2. The maximum atomic E-state index is 12.2. The Balaban J connectivity index is 2.51. The molecule has 0 aliphatic heterocycles. The van der Waals surface area contributed by atoms with Crippen molar-refractivity contribution >= 4 is 11.5 Å². The smallest absolute Gasteiger partial charge is 0.217 e. The molecule has 86 valence electrons. The molecule has 0 radical (unpaired) electrons. The van der Waals surface area contributed by atoms with E-state index in [1.54, 1.807) is 42.6 Å². The lowest BCUT2D eigenvalue weighted by Gasteiger charge is -2.09. The van der Waals surface area contributed by atoms with E-state index in [0.717, 1.165) is 0 Å². The summed E-state index contributed by atoms with van der Waals surface area (Å²) in [4.78, 5) is 16.2. The van der Waals surface area contributed by atoms with Crippen molar-refractivity contribution in [3.8, 4) is 5.75 Å². The molecule has 0 bridgehead atoms. The van der Waals surface area contributed by atoms with Gasteiger partial charge in [0.25, 0.3) is 0 Å². The van der Waals surface area contributed by atoms with E-state index >= 15 is 0 Å². The van der Waals surface area contributed by atoms with Gasteiger partial charge in [-0.1, -0.05) is 12.1 Å². The maximum Gasteiger partial charge on any atom is 0.217 e. The number of benzene rings is 1. The third-order valence-corrected chi connectivity index (χ3v) is 2.40. The van der Waals surface area contributed by atoms with Crippen molar-refractivity contribution in [3.63, 3.8) is 0 Å². The van der Waals surface area contributed by atoms with Crippen LogP contribution in [0.2, 0.25) is 0 Å². The summed E-state index contributed by atoms with van der Waals surface area (Å²) >= 11 is 0. The first-order chi connectivity index (χ1) is 8.24. The molecule has 1 aromatic carbocycles. The molecule has 0 unspecified atom stereocenters. The molecule has 0 saturated heterocycles. The van der Waals surface area contributed by atoms with Crippen molar-refractivity contribution < 1.29 is 9.53 Å². The van der Waals surface area contributed by atoms with Crippen LogP contribution in [0.5, 0.6) is 5.75 Å². The lowest BCUT2D eigenvalue weighted by molar-refractivity contribution is 0.103. The quantitative estimate of drug-likeness (QED) is 0.643. The molecule has 1 heterocycles. The molecule has 2 aromatic rings. The zero-order chi connectivity index (χ0) is 12.3. The molecule has 0 saturated carbocycles. The molecule has 0 atom stereocenters. The van der Waals surface area contributed by atoms with Gasteiger partial charge in [0, 0.05) is 11.9 Å². The molecule has 2 N–H and O–H groups in total. The van der Waals surface area contributed by atoms with Gasteiger partial charge in [-0.15, -0.1) is 0 Å². The van der Waals surface area contributed by atoms with Crippen LogP contribution >= 0.6 is 0 Å². The van der Waals surface area contributed by atoms with E-state index in [0.29, 0.717) is 22.7 Å². The van der Waals surface area contributed by atoms with Crippen molar-refractivity contribution in [2.45, 2.75) is 0 Å². The first kappa shape index (κ1) is 11.1. The highest BCUT2D eigenvalue weighted by Crippen LogP contribution is 2.26. The fourth-order valence-electron chi connectivity index (χ4n) is 1.59. The molecule has 0 fully saturated rings. The van der Waals surface area contributed by atoms with Crippen LogP contribution in [0.1, 0.15) is 16.1 Å². The third-order valence-electron chi connectivity index (χ3n) is 2.40. The molecule has 4 heteroatoms. The van der Waals surface area contributed by atoms with Crippen LogP contribution in [-0.2, 0) is 0 Å². The average molecular weight is 228 g/mol. The Hall–Kier alpha value is -2.36. The second-order valence-electron chi connectivity index (χ2n) is 3.47. The third kappa shape index (κ3) is 2.10. The molecular weight excluding hydrogens is 216 g/mol. The van der Waals surface area contributed by atoms with Crippen LogP contribution in [-0.4, -0.2) is 17.9 Å². The van der Waals surface area contributed by atoms with Gasteiger partial charge in [-0.3, -0.25) is 9.78 Å². The summed E-state index contributed by atoms with van der Waals surface area (Å²) in [5.74, 6) is 0.223. The zero-order valence-electron chi connectivity index (χ0n) is 9.38. The highest BCUT2D eigenvalue weighted by atomic mass is 16.5. The highest BCUT2D eigenvalue weighted by molar-refractivity contribution is 6.12. The largest absolute Gasteiger partial charge is 0.496 e. The standard InChI is InChI=1S/C13H12N2O2/c1-17-11-7-4-5-9(14)12(11)13(16)10-6-2-3-8-15-10/h2-8H,14H2,1H3. The van der Waals surface area contributed by atoms with Crippen LogP contribution in [0.25, 0.3) is 0 Å². The monoisotopic (exact) mass is 228 g/mol. The fourth-order valence-corrected chi connectivity index (χ4v) is 1.59. The highest BCUT2D eigenvalue weighted by Gasteiger charge is 2.18. The number of ketones is 1. The number of nitrogens with two attached hydrogens (primary N) is 1. The molecule has 0 aliphatic rings. The molecule has 0 amide bonds. The number of anilines is 1. The van der Waals surface area contributed by atoms with Crippen molar-refractivity contribution in [3.05, 3.63) is 53.9 Å². The molecular formula is C13H12N2O2. The minimum absolute atomic E-state index is 0.236. The van der Waals surface area contributed by atoms with Gasteiger partial charge in [0.05, 0.1) is 12.7 Å². The molecule has 2 rings (SSSR count). The zero-order valence-corrected chi connectivity index (χ0v) is 9.38. The molecule has 0 spiro atoms. The Bertz CT molecular complexity index is 538. The van der Waals surface area contributed by atoms with Gasteiger partial charge in [0.15, 0.2) is 0 Å². The number of rotatable bonds is 3. The molecule has 17 heavy (non-hydrogen) atoms. The summed E-state index contributed by atoms with van der Waals surface area (Å²) in [6.07, 6.45) is 1.57. The van der Waals surface area contributed by atoms with Crippen LogP contribution in [0.3, 0.4) is 0 Å². The number of carbonyl (C=O) groups excluding carboxylic acids is 1. The number of methoxy groups -OCH3 is 1. The number of hydrogen-bond acceptors (Lipinski definition) is 4. The van der Waals surface area contributed by atoms with E-state index in [9.17, 15) is 4.79 Å². The van der Waals surface area contributed by atoms with Crippen LogP contribution in [0.4, 0.5) is 5.69 Å².